The molecule has 5 rings (SSSR count). The summed E-state index contributed by atoms with van der Waals surface area (Å²) in [5.41, 5.74) is 2.43. The summed E-state index contributed by atoms with van der Waals surface area (Å²) in [5, 5.41) is 16.3. The van der Waals surface area contributed by atoms with Crippen molar-refractivity contribution in [1.29, 1.82) is 0 Å². The second-order valence-electron chi connectivity index (χ2n) is 11.0. The van der Waals surface area contributed by atoms with E-state index in [-0.39, 0.29) is 18.4 Å². The minimum Gasteiger partial charge on any atom is -0.487 e. The van der Waals surface area contributed by atoms with Crippen LogP contribution in [0.2, 0.25) is 0 Å². The topological polar surface area (TPSA) is 149 Å². The predicted octanol–water partition coefficient (Wildman–Crippen LogP) is 5.13. The Morgan fingerprint density at radius 1 is 0.933 bits per heavy atom. The molecule has 3 aromatic carbocycles. The van der Waals surface area contributed by atoms with Gasteiger partial charge in [0, 0.05) is 12.1 Å². The lowest BCUT2D eigenvalue weighted by molar-refractivity contribution is -0.0000208. The van der Waals surface area contributed by atoms with Gasteiger partial charge in [-0.3, -0.25) is 4.79 Å². The molecule has 236 valence electrons. The van der Waals surface area contributed by atoms with Gasteiger partial charge < -0.3 is 19.9 Å². The van der Waals surface area contributed by atoms with Crippen molar-refractivity contribution in [1.82, 2.24) is 14.5 Å². The van der Waals surface area contributed by atoms with Crippen LogP contribution in [0, 0.1) is 6.92 Å². The van der Waals surface area contributed by atoms with E-state index < -0.39 is 39.5 Å². The number of carboxylic acid groups (broad SMARTS) is 1. The number of carbonyl (C=O) groups is 2. The third-order valence-electron chi connectivity index (χ3n) is 7.48. The zero-order valence-corrected chi connectivity index (χ0v) is 25.7. The average molecular weight is 633 g/mol. The minimum absolute atomic E-state index is 0.228. The molecule has 1 aliphatic rings. The second kappa shape index (κ2) is 14.5. The maximum absolute atomic E-state index is 13.5. The van der Waals surface area contributed by atoms with E-state index in [1.165, 1.54) is 0 Å². The van der Waals surface area contributed by atoms with Gasteiger partial charge in [0.05, 0.1) is 18.4 Å². The molecule has 45 heavy (non-hydrogen) atoms. The van der Waals surface area contributed by atoms with Crippen LogP contribution in [-0.2, 0) is 33.9 Å². The number of nitrogens with zero attached hydrogens (tertiary/aromatic N) is 2. The van der Waals surface area contributed by atoms with Gasteiger partial charge in [0.2, 0.25) is 10.0 Å². The van der Waals surface area contributed by atoms with E-state index in [2.05, 4.69) is 15.1 Å². The minimum atomic E-state index is -4.07. The molecular formula is C33H36N4O7S. The first-order valence-corrected chi connectivity index (χ1v) is 16.4. The number of aryl methyl sites for hydroxylation is 1. The van der Waals surface area contributed by atoms with Gasteiger partial charge in [0.25, 0.3) is 5.91 Å². The predicted molar refractivity (Wildman–Crippen MR) is 168 cm³/mol. The van der Waals surface area contributed by atoms with Crippen LogP contribution < -0.4 is 14.8 Å². The summed E-state index contributed by atoms with van der Waals surface area (Å²) in [6.07, 6.45) is 2.70. The highest BCUT2D eigenvalue weighted by atomic mass is 32.2. The van der Waals surface area contributed by atoms with E-state index in [1.54, 1.807) is 12.1 Å². The molecule has 0 bridgehead atoms. The van der Waals surface area contributed by atoms with E-state index in [4.69, 9.17) is 9.47 Å². The number of amides is 1. The Labute approximate surface area is 262 Å². The Bertz CT molecular complexity index is 1730. The fourth-order valence-corrected chi connectivity index (χ4v) is 6.55. The average Bonchev–Trinajstić information content (AvgIpc) is 3.44. The van der Waals surface area contributed by atoms with Crippen molar-refractivity contribution in [3.63, 3.8) is 0 Å². The van der Waals surface area contributed by atoms with Gasteiger partial charge in [-0.2, -0.15) is 5.10 Å². The van der Waals surface area contributed by atoms with Crippen LogP contribution in [0.4, 0.5) is 5.69 Å². The number of nitrogens with one attached hydrogen (secondary N) is 2. The molecule has 12 heteroatoms. The van der Waals surface area contributed by atoms with Crippen molar-refractivity contribution in [2.24, 2.45) is 0 Å². The molecule has 0 radical (unpaired) electrons. The molecular weight excluding hydrogens is 596 g/mol. The number of rotatable bonds is 13. The molecule has 0 saturated heterocycles. The molecule has 11 nitrogen and oxygen atoms in total. The molecule has 2 atom stereocenters. The van der Waals surface area contributed by atoms with Crippen LogP contribution >= 0.6 is 0 Å². The highest BCUT2D eigenvalue weighted by Crippen LogP contribution is 2.28. The maximum atomic E-state index is 13.5. The SMILES string of the molecule is Cc1ccc(OCc2ccccc2)c(NC(=O)c2cc(C(=O)O)nn2CS(=O)(=O)N[C@H]2CCCC[C@@H]2OCc2ccccc2)c1. The second-order valence-corrected chi connectivity index (χ2v) is 12.8. The number of carboxylic acids is 1. The largest absolute Gasteiger partial charge is 0.487 e. The van der Waals surface area contributed by atoms with Gasteiger partial charge in [-0.15, -0.1) is 0 Å². The van der Waals surface area contributed by atoms with Gasteiger partial charge in [0.15, 0.2) is 11.6 Å². The molecule has 0 aliphatic heterocycles. The summed E-state index contributed by atoms with van der Waals surface area (Å²) in [6, 6.07) is 25.0. The number of anilines is 1. The summed E-state index contributed by atoms with van der Waals surface area (Å²) >= 11 is 0. The van der Waals surface area contributed by atoms with Gasteiger partial charge >= 0.3 is 5.97 Å². The highest BCUT2D eigenvalue weighted by Gasteiger charge is 2.31. The summed E-state index contributed by atoms with van der Waals surface area (Å²) in [4.78, 5) is 25.3. The molecule has 1 heterocycles. The number of benzene rings is 3. The zero-order valence-electron chi connectivity index (χ0n) is 24.9. The quantitative estimate of drug-likeness (QED) is 0.184. The Kier molecular flexibility index (Phi) is 10.3. The number of carbonyl (C=O) groups excluding carboxylic acids is 1. The highest BCUT2D eigenvalue weighted by molar-refractivity contribution is 7.88. The van der Waals surface area contributed by atoms with Gasteiger partial charge in [0.1, 0.15) is 18.1 Å². The number of hydrogen-bond acceptors (Lipinski definition) is 7. The standard InChI is InChI=1S/C33H36N4O7S/c1-23-16-17-31(44-21-25-12-6-3-7-13-25)27(18-23)34-32(38)29-19-28(33(39)40)35-37(29)22-45(41,42)36-26-14-8-9-15-30(26)43-20-24-10-4-2-5-11-24/h2-7,10-13,16-19,26,30,36H,8-9,14-15,20-22H2,1H3,(H,34,38)(H,39,40)/t26-,30-/m0/s1. The van der Waals surface area contributed by atoms with Crippen LogP contribution in [0.25, 0.3) is 0 Å². The lowest BCUT2D eigenvalue weighted by Gasteiger charge is -2.32. The number of ether oxygens (including phenoxy) is 2. The van der Waals surface area contributed by atoms with E-state index in [9.17, 15) is 23.1 Å². The van der Waals surface area contributed by atoms with E-state index in [0.717, 1.165) is 40.3 Å². The van der Waals surface area contributed by atoms with E-state index in [0.29, 0.717) is 30.9 Å². The zero-order chi connectivity index (χ0) is 31.8. The van der Waals surface area contributed by atoms with Crippen molar-refractivity contribution in [3.05, 3.63) is 113 Å². The van der Waals surface area contributed by atoms with E-state index >= 15 is 0 Å². The van der Waals surface area contributed by atoms with Crippen molar-refractivity contribution >= 4 is 27.6 Å². The summed E-state index contributed by atoms with van der Waals surface area (Å²) in [6.45, 7) is 2.46. The van der Waals surface area contributed by atoms with Gasteiger partial charge in [-0.25, -0.2) is 22.6 Å². The first-order valence-electron chi connectivity index (χ1n) is 14.7. The van der Waals surface area contributed by atoms with Crippen LogP contribution in [-0.4, -0.2) is 47.3 Å². The molecule has 1 amide bonds. The molecule has 1 aliphatic carbocycles. The maximum Gasteiger partial charge on any atom is 0.356 e. The Morgan fingerprint density at radius 2 is 1.60 bits per heavy atom. The van der Waals surface area contributed by atoms with Crippen LogP contribution in [0.1, 0.15) is 63.4 Å². The van der Waals surface area contributed by atoms with Crippen LogP contribution in [0.15, 0.2) is 84.9 Å². The fourth-order valence-electron chi connectivity index (χ4n) is 5.23. The first-order chi connectivity index (χ1) is 21.7. The lowest BCUT2D eigenvalue weighted by Crippen LogP contribution is -2.47. The van der Waals surface area contributed by atoms with Gasteiger partial charge in [-0.1, -0.05) is 79.6 Å². The van der Waals surface area contributed by atoms with Crippen LogP contribution in [0.5, 0.6) is 5.75 Å². The van der Waals surface area contributed by atoms with Crippen molar-refractivity contribution in [2.45, 2.75) is 63.8 Å². The monoisotopic (exact) mass is 632 g/mol. The van der Waals surface area contributed by atoms with E-state index in [1.807, 2.05) is 73.7 Å². The third kappa shape index (κ3) is 8.78. The summed E-state index contributed by atoms with van der Waals surface area (Å²) in [7, 11) is -4.07. The van der Waals surface area contributed by atoms with Crippen molar-refractivity contribution in [2.75, 3.05) is 5.32 Å². The number of sulfonamides is 1. The molecule has 1 fully saturated rings. The van der Waals surface area contributed by atoms with Crippen LogP contribution in [0.3, 0.4) is 0 Å². The summed E-state index contributed by atoms with van der Waals surface area (Å²) < 4.78 is 42.5. The Balaban J connectivity index is 1.31. The lowest BCUT2D eigenvalue weighted by atomic mass is 9.93. The fraction of sp³-hybridized carbons (Fsp3) is 0.303. The third-order valence-corrected chi connectivity index (χ3v) is 8.73. The molecule has 1 saturated carbocycles. The first kappa shape index (κ1) is 31.9. The molecule has 0 spiro atoms. The van der Waals surface area contributed by atoms with Crippen molar-refractivity contribution < 1.29 is 32.6 Å². The molecule has 3 N–H and O–H groups in total. The summed E-state index contributed by atoms with van der Waals surface area (Å²) in [5.74, 6) is -2.48. The molecule has 4 aromatic rings. The number of hydrogen-bond donors (Lipinski definition) is 3. The smallest absolute Gasteiger partial charge is 0.356 e. The van der Waals surface area contributed by atoms with Gasteiger partial charge in [-0.05, 0) is 48.6 Å². The molecule has 0 unspecified atom stereocenters. The number of aromatic nitrogens is 2. The Morgan fingerprint density at radius 3 is 2.29 bits per heavy atom. The normalized spacial score (nSPS) is 16.6. The molecule has 1 aromatic heterocycles. The Hall–Kier alpha value is -4.52. The van der Waals surface area contributed by atoms with Crippen molar-refractivity contribution in [3.8, 4) is 5.75 Å². The number of aromatic carboxylic acids is 1.